The number of ether oxygens (including phenoxy) is 1. The minimum atomic E-state index is -0.255. The highest BCUT2D eigenvalue weighted by atomic mass is 79.9. The summed E-state index contributed by atoms with van der Waals surface area (Å²) >= 11 is 3.45. The summed E-state index contributed by atoms with van der Waals surface area (Å²) in [5, 5.41) is 5.81. The summed E-state index contributed by atoms with van der Waals surface area (Å²) in [6.45, 7) is 2.89. The summed E-state index contributed by atoms with van der Waals surface area (Å²) < 4.78 is 5.92. The highest BCUT2D eigenvalue weighted by Gasteiger charge is 2.08. The van der Waals surface area contributed by atoms with E-state index >= 15 is 0 Å². The van der Waals surface area contributed by atoms with Crippen LogP contribution in [0.5, 0.6) is 0 Å². The Morgan fingerprint density at radius 2 is 2.18 bits per heavy atom. The molecule has 0 saturated heterocycles. The van der Waals surface area contributed by atoms with E-state index in [9.17, 15) is 4.79 Å². The van der Waals surface area contributed by atoms with Gasteiger partial charge in [-0.15, -0.1) is 0 Å². The molecular weight excluding hydrogens is 348 g/mol. The van der Waals surface area contributed by atoms with Gasteiger partial charge in [0.1, 0.15) is 5.69 Å². The molecule has 116 valence electrons. The Kier molecular flexibility index (Phi) is 5.85. The van der Waals surface area contributed by atoms with Crippen LogP contribution in [-0.2, 0) is 4.74 Å². The topological polar surface area (TPSA) is 76.1 Å². The van der Waals surface area contributed by atoms with Crippen LogP contribution in [0.3, 0.4) is 0 Å². The molecule has 22 heavy (non-hydrogen) atoms. The molecule has 0 aliphatic rings. The molecule has 0 fully saturated rings. The third kappa shape index (κ3) is 4.51. The van der Waals surface area contributed by atoms with Crippen molar-refractivity contribution >= 4 is 33.5 Å². The van der Waals surface area contributed by atoms with Crippen molar-refractivity contribution in [3.05, 3.63) is 46.2 Å². The number of aromatic nitrogens is 2. The molecule has 7 heteroatoms. The Labute approximate surface area is 137 Å². The van der Waals surface area contributed by atoms with Crippen molar-refractivity contribution in [2.24, 2.45) is 0 Å². The Morgan fingerprint density at radius 1 is 1.36 bits per heavy atom. The van der Waals surface area contributed by atoms with Gasteiger partial charge in [-0.1, -0.05) is 15.9 Å². The third-order valence-corrected chi connectivity index (χ3v) is 3.78. The van der Waals surface area contributed by atoms with Crippen molar-refractivity contribution < 1.29 is 9.53 Å². The molecule has 2 rings (SSSR count). The summed E-state index contributed by atoms with van der Waals surface area (Å²) in [4.78, 5) is 20.3. The molecule has 0 aliphatic carbocycles. The van der Waals surface area contributed by atoms with Crippen LogP contribution in [0.4, 0.5) is 11.6 Å². The summed E-state index contributed by atoms with van der Waals surface area (Å²) in [5.41, 5.74) is 2.26. The fourth-order valence-electron chi connectivity index (χ4n) is 1.75. The van der Waals surface area contributed by atoms with Gasteiger partial charge in [0.2, 0.25) is 5.95 Å². The quantitative estimate of drug-likeness (QED) is 0.770. The Balaban J connectivity index is 2.07. The molecule has 0 saturated carbocycles. The van der Waals surface area contributed by atoms with Crippen molar-refractivity contribution in [1.29, 1.82) is 0 Å². The van der Waals surface area contributed by atoms with Gasteiger partial charge in [0.15, 0.2) is 0 Å². The van der Waals surface area contributed by atoms with E-state index in [2.05, 4.69) is 36.5 Å². The molecule has 6 nitrogen and oxygen atoms in total. The van der Waals surface area contributed by atoms with Gasteiger partial charge >= 0.3 is 0 Å². The van der Waals surface area contributed by atoms with Crippen molar-refractivity contribution in [1.82, 2.24) is 15.3 Å². The lowest BCUT2D eigenvalue weighted by molar-refractivity contribution is 0.0932. The van der Waals surface area contributed by atoms with Gasteiger partial charge in [0, 0.05) is 30.0 Å². The number of amides is 1. The van der Waals surface area contributed by atoms with E-state index in [1.54, 1.807) is 19.4 Å². The van der Waals surface area contributed by atoms with Crippen LogP contribution in [0.2, 0.25) is 0 Å². The lowest BCUT2D eigenvalue weighted by atomic mass is 10.2. The Bertz CT molecular complexity index is 664. The fourth-order valence-corrected chi connectivity index (χ4v) is 2.00. The van der Waals surface area contributed by atoms with Crippen LogP contribution < -0.4 is 10.6 Å². The van der Waals surface area contributed by atoms with E-state index in [4.69, 9.17) is 4.74 Å². The number of rotatable bonds is 6. The smallest absolute Gasteiger partial charge is 0.270 e. The highest BCUT2D eigenvalue weighted by molar-refractivity contribution is 9.10. The van der Waals surface area contributed by atoms with Gasteiger partial charge in [0.05, 0.1) is 6.61 Å². The largest absolute Gasteiger partial charge is 0.383 e. The Morgan fingerprint density at radius 3 is 2.91 bits per heavy atom. The van der Waals surface area contributed by atoms with E-state index in [-0.39, 0.29) is 5.91 Å². The molecule has 0 bridgehead atoms. The Hall–Kier alpha value is -1.99. The SMILES string of the molecule is COCCNC(=O)c1ccnc(Nc2ccc(Br)c(C)c2)n1. The minimum absolute atomic E-state index is 0.255. The first-order chi connectivity index (χ1) is 10.6. The fraction of sp³-hybridized carbons (Fsp3) is 0.267. The normalized spacial score (nSPS) is 10.3. The zero-order valence-corrected chi connectivity index (χ0v) is 14.0. The number of carbonyl (C=O) groups is 1. The number of nitrogens with one attached hydrogen (secondary N) is 2. The van der Waals surface area contributed by atoms with Crippen molar-refractivity contribution in [2.45, 2.75) is 6.92 Å². The maximum absolute atomic E-state index is 11.9. The lowest BCUT2D eigenvalue weighted by Gasteiger charge is -2.08. The molecule has 1 heterocycles. The number of methoxy groups -OCH3 is 1. The average molecular weight is 365 g/mol. The van der Waals surface area contributed by atoms with Crippen LogP contribution in [0.15, 0.2) is 34.9 Å². The van der Waals surface area contributed by atoms with Crippen molar-refractivity contribution in [2.75, 3.05) is 25.6 Å². The maximum atomic E-state index is 11.9. The van der Waals surface area contributed by atoms with E-state index in [1.807, 2.05) is 25.1 Å². The molecule has 2 N–H and O–H groups in total. The number of aryl methyl sites for hydroxylation is 1. The number of hydrogen-bond acceptors (Lipinski definition) is 5. The maximum Gasteiger partial charge on any atom is 0.270 e. The summed E-state index contributed by atoms with van der Waals surface area (Å²) in [7, 11) is 1.58. The first-order valence-electron chi connectivity index (χ1n) is 6.73. The van der Waals surface area contributed by atoms with E-state index in [0.29, 0.717) is 24.8 Å². The van der Waals surface area contributed by atoms with E-state index in [1.165, 1.54) is 0 Å². The number of anilines is 2. The highest BCUT2D eigenvalue weighted by Crippen LogP contribution is 2.21. The summed E-state index contributed by atoms with van der Waals surface area (Å²) in [5.74, 6) is 0.121. The number of hydrogen-bond donors (Lipinski definition) is 2. The second-order valence-electron chi connectivity index (χ2n) is 4.60. The molecule has 0 radical (unpaired) electrons. The molecule has 0 atom stereocenters. The van der Waals surface area contributed by atoms with Crippen LogP contribution in [0.1, 0.15) is 16.1 Å². The van der Waals surface area contributed by atoms with Gasteiger partial charge in [-0.3, -0.25) is 4.79 Å². The average Bonchev–Trinajstić information content (AvgIpc) is 2.51. The molecular formula is C15H17BrN4O2. The van der Waals surface area contributed by atoms with Crippen molar-refractivity contribution in [3.63, 3.8) is 0 Å². The predicted octanol–water partition coefficient (Wildman–Crippen LogP) is 2.67. The summed E-state index contributed by atoms with van der Waals surface area (Å²) in [6.07, 6.45) is 1.55. The standard InChI is InChI=1S/C15H17BrN4O2/c1-10-9-11(3-4-12(10)16)19-15-18-6-5-13(20-15)14(21)17-7-8-22-2/h3-6,9H,7-8H2,1-2H3,(H,17,21)(H,18,19,20). The molecule has 1 aromatic heterocycles. The zero-order chi connectivity index (χ0) is 15.9. The number of nitrogens with zero attached hydrogens (tertiary/aromatic N) is 2. The lowest BCUT2D eigenvalue weighted by Crippen LogP contribution is -2.27. The number of carbonyl (C=O) groups excluding carboxylic acids is 1. The second-order valence-corrected chi connectivity index (χ2v) is 5.46. The molecule has 1 aromatic carbocycles. The van der Waals surface area contributed by atoms with Gasteiger partial charge < -0.3 is 15.4 Å². The first-order valence-corrected chi connectivity index (χ1v) is 7.53. The van der Waals surface area contributed by atoms with Gasteiger partial charge in [-0.25, -0.2) is 9.97 Å². The van der Waals surface area contributed by atoms with E-state index < -0.39 is 0 Å². The molecule has 2 aromatic rings. The van der Waals surface area contributed by atoms with Crippen LogP contribution in [0, 0.1) is 6.92 Å². The summed E-state index contributed by atoms with van der Waals surface area (Å²) in [6, 6.07) is 7.39. The molecule has 0 aliphatic heterocycles. The molecule has 1 amide bonds. The monoisotopic (exact) mass is 364 g/mol. The van der Waals surface area contributed by atoms with E-state index in [0.717, 1.165) is 15.7 Å². The van der Waals surface area contributed by atoms with Crippen LogP contribution in [-0.4, -0.2) is 36.1 Å². The van der Waals surface area contributed by atoms with Crippen molar-refractivity contribution in [3.8, 4) is 0 Å². The second kappa shape index (κ2) is 7.86. The predicted molar refractivity (Wildman–Crippen MR) is 88.4 cm³/mol. The van der Waals surface area contributed by atoms with Gasteiger partial charge in [-0.05, 0) is 36.8 Å². The minimum Gasteiger partial charge on any atom is -0.383 e. The van der Waals surface area contributed by atoms with Crippen LogP contribution in [0.25, 0.3) is 0 Å². The van der Waals surface area contributed by atoms with Crippen LogP contribution >= 0.6 is 15.9 Å². The number of benzene rings is 1. The first kappa shape index (κ1) is 16.4. The molecule has 0 spiro atoms. The zero-order valence-electron chi connectivity index (χ0n) is 12.4. The number of halogens is 1. The van der Waals surface area contributed by atoms with Gasteiger partial charge in [0.25, 0.3) is 5.91 Å². The molecule has 0 unspecified atom stereocenters. The third-order valence-electron chi connectivity index (χ3n) is 2.89. The van der Waals surface area contributed by atoms with Gasteiger partial charge in [-0.2, -0.15) is 0 Å².